The van der Waals surface area contributed by atoms with E-state index < -0.39 is 5.67 Å². The highest BCUT2D eigenvalue weighted by Gasteiger charge is 2.48. The summed E-state index contributed by atoms with van der Waals surface area (Å²) in [4.78, 5) is 7.25. The number of nitrogens with zero attached hydrogens (tertiary/aromatic N) is 2. The largest absolute Gasteiger partial charge is 0.364 e. The van der Waals surface area contributed by atoms with Crippen LogP contribution in [0.1, 0.15) is 55.5 Å². The van der Waals surface area contributed by atoms with Gasteiger partial charge in [0.15, 0.2) is 5.69 Å². The quantitative estimate of drug-likeness (QED) is 0.510. The first-order valence-electron chi connectivity index (χ1n) is 10.9. The lowest BCUT2D eigenvalue weighted by molar-refractivity contribution is 0.0935. The van der Waals surface area contributed by atoms with Crippen molar-refractivity contribution in [3.8, 4) is 28.5 Å². The zero-order valence-electron chi connectivity index (χ0n) is 17.9. The van der Waals surface area contributed by atoms with Gasteiger partial charge in [0.05, 0.1) is 18.1 Å². The number of benzene rings is 2. The number of epoxide rings is 1. The van der Waals surface area contributed by atoms with Crippen molar-refractivity contribution in [3.63, 3.8) is 0 Å². The molecule has 0 spiro atoms. The van der Waals surface area contributed by atoms with Crippen LogP contribution in [0.15, 0.2) is 48.8 Å². The van der Waals surface area contributed by atoms with Gasteiger partial charge in [0.25, 0.3) is 0 Å². The maximum absolute atomic E-state index is 14.2. The van der Waals surface area contributed by atoms with Crippen molar-refractivity contribution < 1.29 is 9.13 Å². The lowest BCUT2D eigenvalue weighted by Gasteiger charge is -2.30. The molecule has 3 aromatic rings. The summed E-state index contributed by atoms with van der Waals surface area (Å²) in [5.74, 6) is 0.405. The second-order valence-corrected chi connectivity index (χ2v) is 9.22. The predicted molar refractivity (Wildman–Crippen MR) is 118 cm³/mol. The molecule has 2 heterocycles. The summed E-state index contributed by atoms with van der Waals surface area (Å²) < 4.78 is 20.4. The lowest BCUT2D eigenvalue weighted by Crippen LogP contribution is -2.28. The Hall–Kier alpha value is -2.97. The minimum atomic E-state index is -1.03. The number of imidazole rings is 1. The fraction of sp³-hybridized carbons (Fsp3) is 0.385. The number of H-pyrrole nitrogens is 1. The van der Waals surface area contributed by atoms with Crippen molar-refractivity contribution in [1.82, 2.24) is 9.97 Å². The molecule has 1 saturated carbocycles. The lowest BCUT2D eigenvalue weighted by atomic mass is 9.78. The van der Waals surface area contributed by atoms with E-state index in [1.807, 2.05) is 0 Å². The van der Waals surface area contributed by atoms with Crippen molar-refractivity contribution in [2.24, 2.45) is 5.92 Å². The van der Waals surface area contributed by atoms with Crippen LogP contribution in [0.2, 0.25) is 0 Å². The highest BCUT2D eigenvalue weighted by atomic mass is 19.1. The first kappa shape index (κ1) is 20.0. The molecule has 2 unspecified atom stereocenters. The summed E-state index contributed by atoms with van der Waals surface area (Å²) in [7, 11) is 0. The van der Waals surface area contributed by atoms with Gasteiger partial charge in [-0.25, -0.2) is 9.37 Å². The normalized spacial score (nSPS) is 27.6. The Balaban J connectivity index is 1.49. The van der Waals surface area contributed by atoms with Crippen LogP contribution in [-0.2, 0) is 4.74 Å². The zero-order valence-corrected chi connectivity index (χ0v) is 17.9. The second-order valence-electron chi connectivity index (χ2n) is 9.22. The molecule has 1 aliphatic heterocycles. The number of nitriles is 1. The maximum atomic E-state index is 14.2. The van der Waals surface area contributed by atoms with E-state index in [9.17, 15) is 9.65 Å². The van der Waals surface area contributed by atoms with Crippen molar-refractivity contribution in [1.29, 1.82) is 5.26 Å². The molecule has 2 atom stereocenters. The molecule has 1 N–H and O–H groups in total. The standard InChI is InChI=1S/C26H26FN3O/c1-16-3-5-17(6-4-16)19-11-20(23-22(14-28)29-15-30-23)13-21(12-19)25-24(31-25)18-7-9-26(2,27)10-8-18/h3-6,11-13,15,18,24-25H,7-10H2,1-2H3,(H,29,30). The molecule has 2 aliphatic rings. The summed E-state index contributed by atoms with van der Waals surface area (Å²) in [6, 6.07) is 17.0. The number of nitrogens with one attached hydrogen (secondary N) is 1. The van der Waals surface area contributed by atoms with Crippen molar-refractivity contribution in [3.05, 3.63) is 65.6 Å². The molecule has 5 heteroatoms. The number of aromatic amines is 1. The van der Waals surface area contributed by atoms with Crippen LogP contribution < -0.4 is 0 Å². The Morgan fingerprint density at radius 1 is 1.10 bits per heavy atom. The molecule has 158 valence electrons. The summed E-state index contributed by atoms with van der Waals surface area (Å²) in [6.07, 6.45) is 4.69. The molecule has 1 aromatic heterocycles. The van der Waals surface area contributed by atoms with Gasteiger partial charge in [-0.05, 0) is 80.3 Å². The smallest absolute Gasteiger partial charge is 0.166 e. The van der Waals surface area contributed by atoms with Gasteiger partial charge in [-0.2, -0.15) is 5.26 Å². The fourth-order valence-corrected chi connectivity index (χ4v) is 4.79. The molecule has 1 aliphatic carbocycles. The molecular formula is C26H26FN3O. The molecule has 4 nitrogen and oxygen atoms in total. The predicted octanol–water partition coefficient (Wildman–Crippen LogP) is 6.28. The molecule has 1 saturated heterocycles. The van der Waals surface area contributed by atoms with Crippen LogP contribution >= 0.6 is 0 Å². The van der Waals surface area contributed by atoms with Crippen LogP contribution in [0.4, 0.5) is 4.39 Å². The molecule has 0 bridgehead atoms. The molecule has 5 rings (SSSR count). The highest BCUT2D eigenvalue weighted by Crippen LogP contribution is 2.50. The Labute approximate surface area is 182 Å². The van der Waals surface area contributed by atoms with Gasteiger partial charge in [0.1, 0.15) is 17.8 Å². The fourth-order valence-electron chi connectivity index (χ4n) is 4.79. The molecular weight excluding hydrogens is 389 g/mol. The number of alkyl halides is 1. The number of aromatic nitrogens is 2. The van der Waals surface area contributed by atoms with E-state index in [1.165, 1.54) is 5.56 Å². The number of hydrogen-bond donors (Lipinski definition) is 1. The monoisotopic (exact) mass is 415 g/mol. The Morgan fingerprint density at radius 2 is 1.81 bits per heavy atom. The van der Waals surface area contributed by atoms with Gasteiger partial charge in [0, 0.05) is 5.56 Å². The van der Waals surface area contributed by atoms with E-state index in [0.717, 1.165) is 40.8 Å². The third kappa shape index (κ3) is 4.00. The van der Waals surface area contributed by atoms with Crippen LogP contribution in [0.5, 0.6) is 0 Å². The van der Waals surface area contributed by atoms with E-state index in [2.05, 4.69) is 65.4 Å². The SMILES string of the molecule is Cc1ccc(-c2cc(-c3[nH]cnc3C#N)cc(C3OC3C3CCC(C)(F)CC3)c2)cc1. The van der Waals surface area contributed by atoms with Crippen molar-refractivity contribution in [2.45, 2.75) is 57.4 Å². The third-order valence-corrected chi connectivity index (χ3v) is 6.77. The van der Waals surface area contributed by atoms with Crippen molar-refractivity contribution >= 4 is 0 Å². The Bertz CT molecular complexity index is 1130. The number of ether oxygens (including phenoxy) is 1. The van der Waals surface area contributed by atoms with E-state index in [4.69, 9.17) is 4.74 Å². The topological polar surface area (TPSA) is 65.0 Å². The van der Waals surface area contributed by atoms with Crippen LogP contribution in [-0.4, -0.2) is 21.7 Å². The number of rotatable bonds is 4. The average Bonchev–Trinajstić information content (AvgIpc) is 3.41. The number of hydrogen-bond acceptors (Lipinski definition) is 3. The zero-order chi connectivity index (χ0) is 21.6. The average molecular weight is 416 g/mol. The Kier molecular flexibility index (Phi) is 4.91. The van der Waals surface area contributed by atoms with E-state index in [-0.39, 0.29) is 12.2 Å². The van der Waals surface area contributed by atoms with Crippen LogP contribution in [0, 0.1) is 24.2 Å². The molecule has 2 fully saturated rings. The maximum Gasteiger partial charge on any atom is 0.166 e. The van der Waals surface area contributed by atoms with Crippen LogP contribution in [0.3, 0.4) is 0 Å². The first-order valence-corrected chi connectivity index (χ1v) is 10.9. The minimum Gasteiger partial charge on any atom is -0.364 e. The molecule has 0 radical (unpaired) electrons. The number of halogens is 1. The summed E-state index contributed by atoms with van der Waals surface area (Å²) in [5.41, 5.74) is 5.52. The second kappa shape index (κ2) is 7.62. The van der Waals surface area contributed by atoms with Gasteiger partial charge >= 0.3 is 0 Å². The van der Waals surface area contributed by atoms with Gasteiger partial charge in [0.2, 0.25) is 0 Å². The summed E-state index contributed by atoms with van der Waals surface area (Å²) in [5, 5.41) is 9.44. The Morgan fingerprint density at radius 3 is 2.52 bits per heavy atom. The molecule has 2 aromatic carbocycles. The molecule has 31 heavy (non-hydrogen) atoms. The first-order chi connectivity index (χ1) is 14.9. The van der Waals surface area contributed by atoms with E-state index in [1.54, 1.807) is 13.3 Å². The number of aryl methyl sites for hydroxylation is 1. The minimum absolute atomic E-state index is 0.0200. The van der Waals surface area contributed by atoms with E-state index in [0.29, 0.717) is 24.5 Å². The highest BCUT2D eigenvalue weighted by molar-refractivity contribution is 5.75. The summed E-state index contributed by atoms with van der Waals surface area (Å²) in [6.45, 7) is 3.79. The third-order valence-electron chi connectivity index (χ3n) is 6.77. The van der Waals surface area contributed by atoms with Crippen LogP contribution in [0.25, 0.3) is 22.4 Å². The molecule has 0 amide bonds. The summed E-state index contributed by atoms with van der Waals surface area (Å²) >= 11 is 0. The van der Waals surface area contributed by atoms with Gasteiger partial charge in [-0.15, -0.1) is 0 Å². The van der Waals surface area contributed by atoms with Gasteiger partial charge in [-0.3, -0.25) is 0 Å². The van der Waals surface area contributed by atoms with Crippen molar-refractivity contribution in [2.75, 3.05) is 0 Å². The van der Waals surface area contributed by atoms with Gasteiger partial charge in [-0.1, -0.05) is 29.8 Å². The van der Waals surface area contributed by atoms with Gasteiger partial charge < -0.3 is 9.72 Å². The van der Waals surface area contributed by atoms with E-state index >= 15 is 0 Å².